The predicted octanol–water partition coefficient (Wildman–Crippen LogP) is 2.83. The molecule has 0 spiro atoms. The van der Waals surface area contributed by atoms with Crippen LogP contribution in [-0.2, 0) is 4.74 Å². The van der Waals surface area contributed by atoms with E-state index in [1.165, 1.54) is 32.1 Å². The van der Waals surface area contributed by atoms with Crippen molar-refractivity contribution in [3.8, 4) is 0 Å². The third kappa shape index (κ3) is 1.18. The molecule has 0 aromatic heterocycles. The summed E-state index contributed by atoms with van der Waals surface area (Å²) < 4.78 is 6.01. The fraction of sp³-hybridized carbons (Fsp3) is 0.667. The summed E-state index contributed by atoms with van der Waals surface area (Å²) in [5.74, 6) is 0.732. The minimum Gasteiger partial charge on any atom is -0.366 e. The first-order chi connectivity index (χ1) is 6.45. The van der Waals surface area contributed by atoms with E-state index in [9.17, 15) is 0 Å². The van der Waals surface area contributed by atoms with Crippen LogP contribution in [0.4, 0.5) is 0 Å². The van der Waals surface area contributed by atoms with Gasteiger partial charge in [-0.05, 0) is 37.7 Å². The van der Waals surface area contributed by atoms with Crippen molar-refractivity contribution in [1.82, 2.24) is 0 Å². The van der Waals surface area contributed by atoms with Gasteiger partial charge in [-0.25, -0.2) is 0 Å². The average Bonchev–Trinajstić information content (AvgIpc) is 2.56. The molecule has 0 amide bonds. The van der Waals surface area contributed by atoms with Crippen molar-refractivity contribution in [1.29, 1.82) is 0 Å². The van der Waals surface area contributed by atoms with Gasteiger partial charge in [0.25, 0.3) is 0 Å². The zero-order chi connectivity index (χ0) is 8.67. The molecule has 2 aliphatic carbocycles. The Morgan fingerprint density at radius 3 is 3.23 bits per heavy atom. The Morgan fingerprint density at radius 2 is 2.23 bits per heavy atom. The van der Waals surface area contributed by atoms with Crippen molar-refractivity contribution in [3.05, 3.63) is 23.8 Å². The van der Waals surface area contributed by atoms with E-state index in [-0.39, 0.29) is 0 Å². The summed E-state index contributed by atoms with van der Waals surface area (Å²) in [6, 6.07) is 0. The van der Waals surface area contributed by atoms with Crippen LogP contribution in [0, 0.1) is 5.92 Å². The third-order valence-corrected chi connectivity index (χ3v) is 3.54. The largest absolute Gasteiger partial charge is 0.366 e. The maximum Gasteiger partial charge on any atom is 0.0830 e. The van der Waals surface area contributed by atoms with Gasteiger partial charge in [0, 0.05) is 5.92 Å². The Labute approximate surface area is 79.5 Å². The van der Waals surface area contributed by atoms with E-state index in [2.05, 4.69) is 18.2 Å². The lowest BCUT2D eigenvalue weighted by Crippen LogP contribution is -2.16. The molecular formula is C12H16O. The second-order valence-electron chi connectivity index (χ2n) is 4.34. The van der Waals surface area contributed by atoms with Crippen LogP contribution in [0.1, 0.15) is 32.1 Å². The lowest BCUT2D eigenvalue weighted by molar-refractivity contribution is 0.0581. The van der Waals surface area contributed by atoms with Crippen molar-refractivity contribution in [3.63, 3.8) is 0 Å². The van der Waals surface area contributed by atoms with E-state index in [0.29, 0.717) is 12.2 Å². The summed E-state index contributed by atoms with van der Waals surface area (Å²) in [5, 5.41) is 0. The monoisotopic (exact) mass is 176 g/mol. The minimum absolute atomic E-state index is 0.420. The molecule has 1 nitrogen and oxygen atoms in total. The van der Waals surface area contributed by atoms with E-state index >= 15 is 0 Å². The molecule has 0 saturated carbocycles. The number of hydrogen-bond donors (Lipinski definition) is 0. The zero-order valence-electron chi connectivity index (χ0n) is 7.91. The number of allylic oxidation sites excluding steroid dienone is 2. The lowest BCUT2D eigenvalue weighted by atomic mass is 9.82. The second-order valence-corrected chi connectivity index (χ2v) is 4.34. The van der Waals surface area contributed by atoms with Crippen LogP contribution in [0.15, 0.2) is 23.8 Å². The zero-order valence-corrected chi connectivity index (χ0v) is 7.91. The van der Waals surface area contributed by atoms with Gasteiger partial charge in [0.1, 0.15) is 0 Å². The van der Waals surface area contributed by atoms with Gasteiger partial charge in [0.05, 0.1) is 12.2 Å². The summed E-state index contributed by atoms with van der Waals surface area (Å²) in [6.07, 6.45) is 14.3. The Balaban J connectivity index is 1.92. The Bertz CT molecular complexity index is 264. The summed E-state index contributed by atoms with van der Waals surface area (Å²) in [7, 11) is 0. The molecule has 1 heterocycles. The molecule has 13 heavy (non-hydrogen) atoms. The lowest BCUT2D eigenvalue weighted by Gasteiger charge is -2.20. The van der Waals surface area contributed by atoms with Crippen LogP contribution in [0.3, 0.4) is 0 Å². The van der Waals surface area contributed by atoms with Crippen molar-refractivity contribution in [2.45, 2.75) is 44.3 Å². The average molecular weight is 176 g/mol. The first kappa shape index (κ1) is 7.81. The van der Waals surface area contributed by atoms with E-state index in [4.69, 9.17) is 4.74 Å². The second kappa shape index (κ2) is 2.98. The highest BCUT2D eigenvalue weighted by Gasteiger charge is 2.39. The molecule has 3 atom stereocenters. The first-order valence-electron chi connectivity index (χ1n) is 5.47. The van der Waals surface area contributed by atoms with E-state index < -0.39 is 0 Å². The molecule has 1 fully saturated rings. The van der Waals surface area contributed by atoms with E-state index in [0.717, 1.165) is 5.92 Å². The summed E-state index contributed by atoms with van der Waals surface area (Å²) in [6.45, 7) is 0. The summed E-state index contributed by atoms with van der Waals surface area (Å²) in [4.78, 5) is 0. The number of fused-ring (bicyclic) bond motifs is 3. The van der Waals surface area contributed by atoms with Crippen LogP contribution in [-0.4, -0.2) is 12.2 Å². The van der Waals surface area contributed by atoms with Gasteiger partial charge in [0.2, 0.25) is 0 Å². The summed E-state index contributed by atoms with van der Waals surface area (Å²) in [5.41, 5.74) is 1.63. The first-order valence-corrected chi connectivity index (χ1v) is 5.47. The molecule has 0 aromatic carbocycles. The fourth-order valence-electron chi connectivity index (χ4n) is 2.90. The Morgan fingerprint density at radius 1 is 1.23 bits per heavy atom. The van der Waals surface area contributed by atoms with Gasteiger partial charge < -0.3 is 4.74 Å². The highest BCUT2D eigenvalue weighted by molar-refractivity contribution is 5.25. The quantitative estimate of drug-likeness (QED) is 0.516. The van der Waals surface area contributed by atoms with E-state index in [1.54, 1.807) is 5.57 Å². The van der Waals surface area contributed by atoms with Gasteiger partial charge >= 0.3 is 0 Å². The fourth-order valence-corrected chi connectivity index (χ4v) is 2.90. The molecular weight excluding hydrogens is 160 g/mol. The molecule has 0 N–H and O–H groups in total. The molecule has 1 saturated heterocycles. The maximum atomic E-state index is 6.01. The van der Waals surface area contributed by atoms with Gasteiger partial charge in [0.15, 0.2) is 0 Å². The highest BCUT2D eigenvalue weighted by Crippen LogP contribution is 2.42. The molecule has 0 aromatic rings. The molecule has 3 unspecified atom stereocenters. The third-order valence-electron chi connectivity index (χ3n) is 3.54. The van der Waals surface area contributed by atoms with Crippen LogP contribution in [0.5, 0.6) is 0 Å². The molecule has 0 radical (unpaired) electrons. The van der Waals surface area contributed by atoms with Gasteiger partial charge in [-0.3, -0.25) is 0 Å². The number of hydrogen-bond acceptors (Lipinski definition) is 1. The molecule has 1 aliphatic heterocycles. The molecule has 0 bridgehead atoms. The molecule has 1 heteroatoms. The molecule has 3 rings (SSSR count). The maximum absolute atomic E-state index is 6.01. The highest BCUT2D eigenvalue weighted by atomic mass is 16.5. The van der Waals surface area contributed by atoms with Crippen LogP contribution in [0.25, 0.3) is 0 Å². The summed E-state index contributed by atoms with van der Waals surface area (Å²) >= 11 is 0. The Hall–Kier alpha value is -0.560. The van der Waals surface area contributed by atoms with Crippen molar-refractivity contribution < 1.29 is 4.74 Å². The minimum atomic E-state index is 0.420. The standard InChI is InChI=1S/C12H16O/c1-3-7-11-9(5-1)10-6-2-4-8-12(10)13-11/h3,6-7,9,11-12H,1-2,4-5,8H2. The number of ether oxygens (including phenoxy) is 1. The molecule has 70 valence electrons. The van der Waals surface area contributed by atoms with Crippen molar-refractivity contribution >= 4 is 0 Å². The normalized spacial score (nSPS) is 42.5. The van der Waals surface area contributed by atoms with Gasteiger partial charge in [-0.15, -0.1) is 0 Å². The topological polar surface area (TPSA) is 9.23 Å². The molecule has 3 aliphatic rings. The Kier molecular flexibility index (Phi) is 1.79. The van der Waals surface area contributed by atoms with Crippen LogP contribution >= 0.6 is 0 Å². The van der Waals surface area contributed by atoms with Gasteiger partial charge in [-0.1, -0.05) is 18.2 Å². The van der Waals surface area contributed by atoms with Crippen molar-refractivity contribution in [2.75, 3.05) is 0 Å². The van der Waals surface area contributed by atoms with Crippen molar-refractivity contribution in [2.24, 2.45) is 5.92 Å². The van der Waals surface area contributed by atoms with E-state index in [1.807, 2.05) is 0 Å². The predicted molar refractivity (Wildman–Crippen MR) is 52.5 cm³/mol. The number of rotatable bonds is 0. The SMILES string of the molecule is C1=CC2OC3CCCC=C3C2CC1. The smallest absolute Gasteiger partial charge is 0.0830 e. The van der Waals surface area contributed by atoms with Crippen LogP contribution < -0.4 is 0 Å². The van der Waals surface area contributed by atoms with Gasteiger partial charge in [-0.2, -0.15) is 0 Å². The van der Waals surface area contributed by atoms with Crippen LogP contribution in [0.2, 0.25) is 0 Å².